The maximum absolute atomic E-state index is 10.9. The summed E-state index contributed by atoms with van der Waals surface area (Å²) in [6.07, 6.45) is 0. The zero-order valence-electron chi connectivity index (χ0n) is 6.46. The van der Waals surface area contributed by atoms with Gasteiger partial charge in [-0.25, -0.2) is 0 Å². The first kappa shape index (κ1) is 8.02. The standard InChI is InChI=1S/C7H10N2O2/c1-4-5(3-8)6(10)9-7(4,2)11/h4-5,11H,1-2H3,(H,9,10). The summed E-state index contributed by atoms with van der Waals surface area (Å²) in [5, 5.41) is 20.3. The van der Waals surface area contributed by atoms with Crippen LogP contribution in [0.15, 0.2) is 0 Å². The Hall–Kier alpha value is -1.08. The Labute approximate surface area is 64.8 Å². The van der Waals surface area contributed by atoms with Crippen molar-refractivity contribution >= 4 is 5.91 Å². The molecule has 0 aromatic carbocycles. The average molecular weight is 154 g/mol. The zero-order valence-corrected chi connectivity index (χ0v) is 6.46. The number of hydrogen-bond acceptors (Lipinski definition) is 3. The van der Waals surface area contributed by atoms with Gasteiger partial charge < -0.3 is 10.4 Å². The van der Waals surface area contributed by atoms with Gasteiger partial charge in [-0.2, -0.15) is 5.26 Å². The lowest BCUT2D eigenvalue weighted by atomic mass is 9.92. The second-order valence-corrected chi connectivity index (χ2v) is 3.03. The van der Waals surface area contributed by atoms with E-state index in [0.717, 1.165) is 0 Å². The van der Waals surface area contributed by atoms with Crippen molar-refractivity contribution in [2.24, 2.45) is 11.8 Å². The van der Waals surface area contributed by atoms with Crippen LogP contribution in [0, 0.1) is 23.2 Å². The number of amides is 1. The van der Waals surface area contributed by atoms with Gasteiger partial charge in [0.2, 0.25) is 5.91 Å². The van der Waals surface area contributed by atoms with Crippen LogP contribution in [0.1, 0.15) is 13.8 Å². The van der Waals surface area contributed by atoms with Crippen LogP contribution in [-0.4, -0.2) is 16.7 Å². The topological polar surface area (TPSA) is 73.1 Å². The van der Waals surface area contributed by atoms with E-state index in [1.165, 1.54) is 6.92 Å². The molecule has 0 saturated carbocycles. The minimum atomic E-state index is -1.22. The van der Waals surface area contributed by atoms with Crippen molar-refractivity contribution in [2.75, 3.05) is 0 Å². The average Bonchev–Trinajstić information content (AvgIpc) is 2.04. The highest BCUT2D eigenvalue weighted by molar-refractivity contribution is 5.84. The lowest BCUT2D eigenvalue weighted by Crippen LogP contribution is -2.41. The molecule has 0 bridgehead atoms. The highest BCUT2D eigenvalue weighted by Crippen LogP contribution is 2.28. The molecule has 1 aliphatic rings. The smallest absolute Gasteiger partial charge is 0.240 e. The molecule has 3 unspecified atom stereocenters. The molecule has 11 heavy (non-hydrogen) atoms. The van der Waals surface area contributed by atoms with Crippen molar-refractivity contribution in [3.8, 4) is 6.07 Å². The van der Waals surface area contributed by atoms with E-state index < -0.39 is 11.6 Å². The summed E-state index contributed by atoms with van der Waals surface area (Å²) in [7, 11) is 0. The predicted molar refractivity (Wildman–Crippen MR) is 37.0 cm³/mol. The maximum Gasteiger partial charge on any atom is 0.240 e. The number of carbonyl (C=O) groups excluding carboxylic acids is 1. The van der Waals surface area contributed by atoms with Crippen LogP contribution in [0.4, 0.5) is 0 Å². The Morgan fingerprint density at radius 2 is 2.36 bits per heavy atom. The van der Waals surface area contributed by atoms with Gasteiger partial charge in [0, 0.05) is 5.92 Å². The Balaban J connectivity index is 2.90. The highest BCUT2D eigenvalue weighted by atomic mass is 16.3. The first-order valence-electron chi connectivity index (χ1n) is 3.43. The molecule has 2 N–H and O–H groups in total. The summed E-state index contributed by atoms with van der Waals surface area (Å²) >= 11 is 0. The minimum Gasteiger partial charge on any atom is -0.371 e. The number of nitriles is 1. The molecular weight excluding hydrogens is 144 g/mol. The van der Waals surface area contributed by atoms with Gasteiger partial charge >= 0.3 is 0 Å². The zero-order chi connectivity index (χ0) is 8.65. The molecule has 1 rings (SSSR count). The molecule has 0 aromatic heterocycles. The van der Waals surface area contributed by atoms with E-state index in [2.05, 4.69) is 5.32 Å². The second-order valence-electron chi connectivity index (χ2n) is 3.03. The molecule has 1 aliphatic heterocycles. The molecule has 1 heterocycles. The third-order valence-electron chi connectivity index (χ3n) is 2.18. The van der Waals surface area contributed by atoms with Gasteiger partial charge in [-0.1, -0.05) is 6.92 Å². The molecule has 0 spiro atoms. The van der Waals surface area contributed by atoms with Crippen LogP contribution >= 0.6 is 0 Å². The quantitative estimate of drug-likeness (QED) is 0.498. The minimum absolute atomic E-state index is 0.347. The largest absolute Gasteiger partial charge is 0.371 e. The van der Waals surface area contributed by atoms with E-state index in [-0.39, 0.29) is 11.8 Å². The van der Waals surface area contributed by atoms with Crippen molar-refractivity contribution in [1.82, 2.24) is 5.32 Å². The summed E-state index contributed by atoms with van der Waals surface area (Å²) < 4.78 is 0. The molecule has 1 amide bonds. The molecule has 1 fully saturated rings. The van der Waals surface area contributed by atoms with E-state index in [9.17, 15) is 9.90 Å². The van der Waals surface area contributed by atoms with Gasteiger partial charge in [0.15, 0.2) is 0 Å². The van der Waals surface area contributed by atoms with Crippen molar-refractivity contribution in [2.45, 2.75) is 19.6 Å². The number of hydrogen-bond donors (Lipinski definition) is 2. The van der Waals surface area contributed by atoms with Crippen molar-refractivity contribution in [3.05, 3.63) is 0 Å². The van der Waals surface area contributed by atoms with Gasteiger partial charge in [-0.3, -0.25) is 4.79 Å². The summed E-state index contributed by atoms with van der Waals surface area (Å²) in [4.78, 5) is 10.9. The van der Waals surface area contributed by atoms with E-state index in [1.807, 2.05) is 6.07 Å². The van der Waals surface area contributed by atoms with Crippen molar-refractivity contribution in [3.63, 3.8) is 0 Å². The van der Waals surface area contributed by atoms with Crippen LogP contribution in [0.3, 0.4) is 0 Å². The second kappa shape index (κ2) is 2.21. The van der Waals surface area contributed by atoms with E-state index >= 15 is 0 Å². The van der Waals surface area contributed by atoms with E-state index in [0.29, 0.717) is 0 Å². The van der Waals surface area contributed by atoms with Crippen LogP contribution in [0.25, 0.3) is 0 Å². The van der Waals surface area contributed by atoms with Crippen LogP contribution in [0.5, 0.6) is 0 Å². The van der Waals surface area contributed by atoms with Crippen molar-refractivity contribution < 1.29 is 9.90 Å². The Bertz CT molecular complexity index is 229. The highest BCUT2D eigenvalue weighted by Gasteiger charge is 2.46. The predicted octanol–water partition coefficient (Wildman–Crippen LogP) is -0.399. The normalized spacial score (nSPS) is 43.3. The SMILES string of the molecule is CC1C(C#N)C(=O)NC1(C)O. The molecule has 3 atom stereocenters. The van der Waals surface area contributed by atoms with Gasteiger partial charge in [0.05, 0.1) is 6.07 Å². The molecule has 0 radical (unpaired) electrons. The Kier molecular flexibility index (Phi) is 1.61. The Morgan fingerprint density at radius 1 is 1.82 bits per heavy atom. The van der Waals surface area contributed by atoms with Gasteiger partial charge in [0.25, 0.3) is 0 Å². The first-order chi connectivity index (χ1) is 4.99. The third kappa shape index (κ3) is 1.08. The molecule has 0 aliphatic carbocycles. The van der Waals surface area contributed by atoms with Gasteiger partial charge in [-0.15, -0.1) is 0 Å². The number of rotatable bonds is 0. The fourth-order valence-corrected chi connectivity index (χ4v) is 1.16. The van der Waals surface area contributed by atoms with E-state index in [4.69, 9.17) is 5.26 Å². The summed E-state index contributed by atoms with van der Waals surface area (Å²) in [6.45, 7) is 3.17. The van der Waals surface area contributed by atoms with E-state index in [1.54, 1.807) is 6.92 Å². The monoisotopic (exact) mass is 154 g/mol. The molecule has 4 heteroatoms. The lowest BCUT2D eigenvalue weighted by Gasteiger charge is -2.21. The summed E-state index contributed by atoms with van der Waals surface area (Å²) in [5.74, 6) is -1.45. The maximum atomic E-state index is 10.9. The first-order valence-corrected chi connectivity index (χ1v) is 3.43. The van der Waals surface area contributed by atoms with Crippen LogP contribution in [-0.2, 0) is 4.79 Å². The fourth-order valence-electron chi connectivity index (χ4n) is 1.16. The molecular formula is C7H10N2O2. The number of carbonyl (C=O) groups is 1. The summed E-state index contributed by atoms with van der Waals surface area (Å²) in [6, 6.07) is 1.85. The van der Waals surface area contributed by atoms with Gasteiger partial charge in [-0.05, 0) is 6.92 Å². The fraction of sp³-hybridized carbons (Fsp3) is 0.714. The molecule has 4 nitrogen and oxygen atoms in total. The molecule has 0 aromatic rings. The summed E-state index contributed by atoms with van der Waals surface area (Å²) in [5.41, 5.74) is -1.22. The Morgan fingerprint density at radius 3 is 2.55 bits per heavy atom. The third-order valence-corrected chi connectivity index (χ3v) is 2.18. The lowest BCUT2D eigenvalue weighted by molar-refractivity contribution is -0.123. The van der Waals surface area contributed by atoms with Gasteiger partial charge in [0.1, 0.15) is 11.6 Å². The molecule has 1 saturated heterocycles. The molecule has 60 valence electrons. The number of nitrogens with zero attached hydrogens (tertiary/aromatic N) is 1. The van der Waals surface area contributed by atoms with Crippen LogP contribution < -0.4 is 5.32 Å². The van der Waals surface area contributed by atoms with Crippen molar-refractivity contribution in [1.29, 1.82) is 5.26 Å². The number of nitrogens with one attached hydrogen (secondary N) is 1. The van der Waals surface area contributed by atoms with Crippen LogP contribution in [0.2, 0.25) is 0 Å². The number of aliphatic hydroxyl groups is 1.